The van der Waals surface area contributed by atoms with Crippen LogP contribution >= 0.6 is 0 Å². The first-order valence-electron chi connectivity index (χ1n) is 3.45. The fourth-order valence-corrected chi connectivity index (χ4v) is 1.14. The standard InChI is InChI=1S/C7H14N/c1-8-6-4-2-3-5-7-8/h1-7H2/q+1. The molecule has 0 unspecified atom stereocenters. The molecule has 1 aliphatic rings. The Bertz CT molecular complexity index is 76.4. The zero-order chi connectivity index (χ0) is 5.82. The lowest BCUT2D eigenvalue weighted by atomic mass is 10.2. The lowest BCUT2D eigenvalue weighted by molar-refractivity contribution is -0.517. The zero-order valence-corrected chi connectivity index (χ0v) is 5.40. The minimum atomic E-state index is 1.21. The lowest BCUT2D eigenvalue weighted by Crippen LogP contribution is -2.08. The van der Waals surface area contributed by atoms with Crippen molar-refractivity contribution in [1.29, 1.82) is 0 Å². The van der Waals surface area contributed by atoms with Crippen molar-refractivity contribution in [1.82, 2.24) is 0 Å². The molecule has 0 bridgehead atoms. The van der Waals surface area contributed by atoms with Crippen LogP contribution in [0.4, 0.5) is 0 Å². The van der Waals surface area contributed by atoms with Crippen molar-refractivity contribution in [3.8, 4) is 0 Å². The highest BCUT2D eigenvalue weighted by atomic mass is 15.0. The van der Waals surface area contributed by atoms with E-state index >= 15 is 0 Å². The van der Waals surface area contributed by atoms with Gasteiger partial charge in [0, 0.05) is 12.8 Å². The van der Waals surface area contributed by atoms with Crippen LogP contribution in [-0.4, -0.2) is 24.4 Å². The Morgan fingerprint density at radius 3 is 1.88 bits per heavy atom. The van der Waals surface area contributed by atoms with Crippen molar-refractivity contribution in [3.05, 3.63) is 0 Å². The lowest BCUT2D eigenvalue weighted by Gasteiger charge is -1.91. The molecule has 0 N–H and O–H groups in total. The third-order valence-electron chi connectivity index (χ3n) is 1.70. The molecule has 1 nitrogen and oxygen atoms in total. The van der Waals surface area contributed by atoms with Crippen molar-refractivity contribution in [3.63, 3.8) is 0 Å². The first-order chi connectivity index (χ1) is 3.89. The Morgan fingerprint density at radius 1 is 0.875 bits per heavy atom. The van der Waals surface area contributed by atoms with Crippen molar-refractivity contribution in [2.45, 2.75) is 25.7 Å². The Morgan fingerprint density at radius 2 is 1.38 bits per heavy atom. The molecule has 1 fully saturated rings. The Balaban J connectivity index is 2.27. The maximum Gasteiger partial charge on any atom is 0.142 e. The Hall–Kier alpha value is -0.330. The van der Waals surface area contributed by atoms with Crippen LogP contribution in [0.15, 0.2) is 0 Å². The van der Waals surface area contributed by atoms with Gasteiger partial charge in [-0.3, -0.25) is 0 Å². The molecule has 0 aromatic rings. The van der Waals surface area contributed by atoms with E-state index in [1.807, 2.05) is 0 Å². The van der Waals surface area contributed by atoms with Crippen LogP contribution in [0.1, 0.15) is 25.7 Å². The van der Waals surface area contributed by atoms with Gasteiger partial charge < -0.3 is 0 Å². The van der Waals surface area contributed by atoms with E-state index in [-0.39, 0.29) is 0 Å². The number of hydrogen-bond acceptors (Lipinski definition) is 0. The number of rotatable bonds is 0. The molecule has 0 aromatic heterocycles. The molecule has 1 rings (SSSR count). The van der Waals surface area contributed by atoms with E-state index < -0.39 is 0 Å². The molecule has 0 saturated carbocycles. The summed E-state index contributed by atoms with van der Waals surface area (Å²) in [5.41, 5.74) is 0. The van der Waals surface area contributed by atoms with Gasteiger partial charge >= 0.3 is 0 Å². The minimum absolute atomic E-state index is 1.21. The third kappa shape index (κ3) is 1.65. The minimum Gasteiger partial charge on any atom is -0.242 e. The second kappa shape index (κ2) is 2.85. The molecular weight excluding hydrogens is 98.1 g/mol. The van der Waals surface area contributed by atoms with Gasteiger partial charge in [0.1, 0.15) is 19.8 Å². The Kier molecular flexibility index (Phi) is 2.07. The molecule has 46 valence electrons. The fourth-order valence-electron chi connectivity index (χ4n) is 1.14. The van der Waals surface area contributed by atoms with Gasteiger partial charge in [-0.05, 0) is 12.8 Å². The van der Waals surface area contributed by atoms with Crippen LogP contribution in [0.2, 0.25) is 0 Å². The van der Waals surface area contributed by atoms with Crippen molar-refractivity contribution in [2.75, 3.05) is 13.1 Å². The van der Waals surface area contributed by atoms with Crippen LogP contribution in [0.3, 0.4) is 0 Å². The molecule has 0 radical (unpaired) electrons. The molecule has 1 heterocycles. The summed E-state index contributed by atoms with van der Waals surface area (Å²) in [7, 11) is 0. The van der Waals surface area contributed by atoms with Crippen molar-refractivity contribution in [2.24, 2.45) is 0 Å². The monoisotopic (exact) mass is 112 g/mol. The summed E-state index contributed by atoms with van der Waals surface area (Å²) < 4.78 is 2.17. The third-order valence-corrected chi connectivity index (χ3v) is 1.70. The van der Waals surface area contributed by atoms with Gasteiger partial charge in [-0.15, -0.1) is 0 Å². The van der Waals surface area contributed by atoms with Gasteiger partial charge in [-0.2, -0.15) is 0 Å². The van der Waals surface area contributed by atoms with Crippen molar-refractivity contribution >= 4 is 6.72 Å². The summed E-state index contributed by atoms with van der Waals surface area (Å²) in [5.74, 6) is 0. The van der Waals surface area contributed by atoms with Gasteiger partial charge in [0.15, 0.2) is 0 Å². The van der Waals surface area contributed by atoms with E-state index in [0.717, 1.165) is 0 Å². The van der Waals surface area contributed by atoms with Gasteiger partial charge in [0.2, 0.25) is 0 Å². The molecule has 0 aliphatic carbocycles. The second-order valence-corrected chi connectivity index (χ2v) is 2.53. The molecule has 1 saturated heterocycles. The topological polar surface area (TPSA) is 3.01 Å². The van der Waals surface area contributed by atoms with Gasteiger partial charge in [0.25, 0.3) is 0 Å². The maximum absolute atomic E-state index is 3.89. The zero-order valence-electron chi connectivity index (χ0n) is 5.40. The summed E-state index contributed by atoms with van der Waals surface area (Å²) in [6.45, 7) is 6.31. The van der Waals surface area contributed by atoms with E-state index in [2.05, 4.69) is 11.3 Å². The molecule has 0 aromatic carbocycles. The van der Waals surface area contributed by atoms with Crippen LogP contribution in [0.25, 0.3) is 0 Å². The highest BCUT2D eigenvalue weighted by Crippen LogP contribution is 2.04. The second-order valence-electron chi connectivity index (χ2n) is 2.53. The highest BCUT2D eigenvalue weighted by molar-refractivity contribution is 5.14. The smallest absolute Gasteiger partial charge is 0.142 e. The Labute approximate surface area is 51.0 Å². The highest BCUT2D eigenvalue weighted by Gasteiger charge is 2.04. The van der Waals surface area contributed by atoms with Gasteiger partial charge in [-0.25, -0.2) is 4.58 Å². The average Bonchev–Trinajstić information content (AvgIpc) is 1.94. The molecule has 8 heavy (non-hydrogen) atoms. The molecule has 0 spiro atoms. The van der Waals surface area contributed by atoms with E-state index in [1.54, 1.807) is 0 Å². The molecule has 0 atom stereocenters. The van der Waals surface area contributed by atoms with Crippen LogP contribution < -0.4 is 0 Å². The molecule has 1 heteroatoms. The van der Waals surface area contributed by atoms with E-state index in [9.17, 15) is 0 Å². The molecular formula is C7H14N+. The fraction of sp³-hybridized carbons (Fsp3) is 0.857. The quantitative estimate of drug-likeness (QED) is 0.415. The van der Waals surface area contributed by atoms with E-state index in [1.165, 1.54) is 38.8 Å². The van der Waals surface area contributed by atoms with Gasteiger partial charge in [-0.1, -0.05) is 0 Å². The number of nitrogens with zero attached hydrogens (tertiary/aromatic N) is 1. The van der Waals surface area contributed by atoms with Crippen LogP contribution in [-0.2, 0) is 0 Å². The molecule has 1 aliphatic heterocycles. The van der Waals surface area contributed by atoms with Crippen molar-refractivity contribution < 1.29 is 4.58 Å². The summed E-state index contributed by atoms with van der Waals surface area (Å²) in [6, 6.07) is 0. The van der Waals surface area contributed by atoms with Gasteiger partial charge in [0.05, 0.1) is 0 Å². The SMILES string of the molecule is C=[N+]1CCCCCC1. The first kappa shape index (κ1) is 5.80. The van der Waals surface area contributed by atoms with Crippen LogP contribution in [0.5, 0.6) is 0 Å². The summed E-state index contributed by atoms with van der Waals surface area (Å²) in [4.78, 5) is 0. The summed E-state index contributed by atoms with van der Waals surface area (Å²) in [6.07, 6.45) is 5.52. The predicted octanol–water partition coefficient (Wildman–Crippen LogP) is 1.27. The largest absolute Gasteiger partial charge is 0.242 e. The van der Waals surface area contributed by atoms with E-state index in [4.69, 9.17) is 0 Å². The van der Waals surface area contributed by atoms with E-state index in [0.29, 0.717) is 0 Å². The number of hydrogen-bond donors (Lipinski definition) is 0. The first-order valence-corrected chi connectivity index (χ1v) is 3.45. The predicted molar refractivity (Wildman–Crippen MR) is 35.6 cm³/mol. The van der Waals surface area contributed by atoms with Crippen LogP contribution in [0, 0.1) is 0 Å². The average molecular weight is 112 g/mol. The summed E-state index contributed by atoms with van der Waals surface area (Å²) in [5, 5.41) is 0. The summed E-state index contributed by atoms with van der Waals surface area (Å²) >= 11 is 0. The maximum atomic E-state index is 3.89. The molecule has 0 amide bonds. The normalized spacial score (nSPS) is 22.8.